The summed E-state index contributed by atoms with van der Waals surface area (Å²) in [6.45, 7) is 3.94. The van der Waals surface area contributed by atoms with E-state index in [1.54, 1.807) is 19.2 Å². The van der Waals surface area contributed by atoms with Gasteiger partial charge >= 0.3 is 0 Å². The highest BCUT2D eigenvalue weighted by molar-refractivity contribution is 7.89. The van der Waals surface area contributed by atoms with Crippen molar-refractivity contribution in [2.24, 2.45) is 5.14 Å². The van der Waals surface area contributed by atoms with Crippen molar-refractivity contribution in [1.82, 2.24) is 10.2 Å². The van der Waals surface area contributed by atoms with Gasteiger partial charge in [0.25, 0.3) is 0 Å². The van der Waals surface area contributed by atoms with Gasteiger partial charge in [0.15, 0.2) is 0 Å². The third-order valence-electron chi connectivity index (χ3n) is 4.65. The molecule has 1 saturated heterocycles. The van der Waals surface area contributed by atoms with E-state index < -0.39 is 10.0 Å². The first-order chi connectivity index (χ1) is 13.0. The number of sulfonamides is 1. The SMILES string of the molecule is COc1ccccc1C1CNCCN1CCOc1ccc(S(N)(=O)=O)cc1. The smallest absolute Gasteiger partial charge is 0.238 e. The number of primary sulfonamides is 1. The molecule has 1 aliphatic rings. The number of hydrogen-bond acceptors (Lipinski definition) is 6. The molecule has 1 aliphatic heterocycles. The van der Waals surface area contributed by atoms with E-state index in [1.807, 2.05) is 18.2 Å². The Morgan fingerprint density at radius 1 is 1.19 bits per heavy atom. The van der Waals surface area contributed by atoms with Crippen molar-refractivity contribution in [3.63, 3.8) is 0 Å². The summed E-state index contributed by atoms with van der Waals surface area (Å²) in [5.41, 5.74) is 1.16. The number of rotatable bonds is 7. The fourth-order valence-electron chi connectivity index (χ4n) is 3.27. The molecule has 1 fully saturated rings. The van der Waals surface area contributed by atoms with E-state index in [2.05, 4.69) is 16.3 Å². The Kier molecular flexibility index (Phi) is 6.33. The number of hydrogen-bond donors (Lipinski definition) is 2. The van der Waals surface area contributed by atoms with E-state index in [0.29, 0.717) is 12.4 Å². The van der Waals surface area contributed by atoms with Crippen molar-refractivity contribution in [3.05, 3.63) is 54.1 Å². The molecular weight excluding hydrogens is 366 g/mol. The van der Waals surface area contributed by atoms with Crippen LogP contribution in [0.15, 0.2) is 53.4 Å². The second kappa shape index (κ2) is 8.71. The standard InChI is InChI=1S/C19H25N3O4S/c1-25-19-5-3-2-4-17(19)18-14-21-10-11-22(18)12-13-26-15-6-8-16(9-7-15)27(20,23)24/h2-9,18,21H,10-14H2,1H3,(H2,20,23,24). The van der Waals surface area contributed by atoms with Gasteiger partial charge in [-0.15, -0.1) is 0 Å². The monoisotopic (exact) mass is 391 g/mol. The third kappa shape index (κ3) is 4.98. The van der Waals surface area contributed by atoms with Crippen LogP contribution < -0.4 is 19.9 Å². The Morgan fingerprint density at radius 3 is 2.63 bits per heavy atom. The maximum atomic E-state index is 11.3. The van der Waals surface area contributed by atoms with Gasteiger partial charge in [-0.25, -0.2) is 13.6 Å². The quantitative estimate of drug-likeness (QED) is 0.740. The van der Waals surface area contributed by atoms with Gasteiger partial charge in [-0.05, 0) is 30.3 Å². The van der Waals surface area contributed by atoms with Crippen molar-refractivity contribution in [3.8, 4) is 11.5 Å². The van der Waals surface area contributed by atoms with Crippen molar-refractivity contribution in [2.75, 3.05) is 39.9 Å². The maximum Gasteiger partial charge on any atom is 0.238 e. The predicted molar refractivity (Wildman–Crippen MR) is 103 cm³/mol. The summed E-state index contributed by atoms with van der Waals surface area (Å²) in [5.74, 6) is 1.50. The van der Waals surface area contributed by atoms with Crippen LogP contribution in [-0.4, -0.2) is 53.2 Å². The topological polar surface area (TPSA) is 93.9 Å². The van der Waals surface area contributed by atoms with Crippen molar-refractivity contribution < 1.29 is 17.9 Å². The van der Waals surface area contributed by atoms with Crippen LogP contribution in [0, 0.1) is 0 Å². The first-order valence-corrected chi connectivity index (χ1v) is 10.4. The Morgan fingerprint density at radius 2 is 1.93 bits per heavy atom. The van der Waals surface area contributed by atoms with Crippen LogP contribution in [0.5, 0.6) is 11.5 Å². The summed E-state index contributed by atoms with van der Waals surface area (Å²) in [6.07, 6.45) is 0. The first-order valence-electron chi connectivity index (χ1n) is 8.82. The first kappa shape index (κ1) is 19.6. The lowest BCUT2D eigenvalue weighted by molar-refractivity contribution is 0.132. The third-order valence-corrected chi connectivity index (χ3v) is 5.58. The Hall–Kier alpha value is -2.13. The second-order valence-corrected chi connectivity index (χ2v) is 7.92. The lowest BCUT2D eigenvalue weighted by atomic mass is 10.0. The molecule has 0 bridgehead atoms. The number of nitrogens with one attached hydrogen (secondary N) is 1. The maximum absolute atomic E-state index is 11.3. The molecule has 7 nitrogen and oxygen atoms in total. The van der Waals surface area contributed by atoms with E-state index in [9.17, 15) is 8.42 Å². The average molecular weight is 391 g/mol. The highest BCUT2D eigenvalue weighted by Gasteiger charge is 2.25. The molecule has 0 radical (unpaired) electrons. The Balaban J connectivity index is 1.62. The number of ether oxygens (including phenoxy) is 2. The minimum absolute atomic E-state index is 0.0770. The molecule has 2 aromatic rings. The van der Waals surface area contributed by atoms with E-state index >= 15 is 0 Å². The van der Waals surface area contributed by atoms with E-state index in [4.69, 9.17) is 14.6 Å². The zero-order valence-corrected chi connectivity index (χ0v) is 16.1. The van der Waals surface area contributed by atoms with Gasteiger partial charge in [-0.1, -0.05) is 18.2 Å². The molecule has 2 aromatic carbocycles. The number of nitrogens with zero attached hydrogens (tertiary/aromatic N) is 1. The molecule has 0 spiro atoms. The molecule has 1 heterocycles. The molecule has 27 heavy (non-hydrogen) atoms. The molecule has 0 aromatic heterocycles. The Labute approximate surface area is 160 Å². The van der Waals surface area contributed by atoms with Crippen molar-refractivity contribution >= 4 is 10.0 Å². The van der Waals surface area contributed by atoms with Gasteiger partial charge in [0.1, 0.15) is 18.1 Å². The van der Waals surface area contributed by atoms with Crippen LogP contribution in [0.3, 0.4) is 0 Å². The number of para-hydroxylation sites is 1. The van der Waals surface area contributed by atoms with Gasteiger partial charge in [0, 0.05) is 31.7 Å². The van der Waals surface area contributed by atoms with E-state index in [1.165, 1.54) is 12.1 Å². The van der Waals surface area contributed by atoms with Gasteiger partial charge in [-0.2, -0.15) is 0 Å². The average Bonchev–Trinajstić information content (AvgIpc) is 2.68. The van der Waals surface area contributed by atoms with Crippen LogP contribution in [0.2, 0.25) is 0 Å². The summed E-state index contributed by atoms with van der Waals surface area (Å²) < 4.78 is 33.9. The van der Waals surface area contributed by atoms with E-state index in [-0.39, 0.29) is 10.9 Å². The van der Waals surface area contributed by atoms with Gasteiger partial charge in [0.05, 0.1) is 18.0 Å². The summed E-state index contributed by atoms with van der Waals surface area (Å²) in [5, 5.41) is 8.54. The van der Waals surface area contributed by atoms with Crippen molar-refractivity contribution in [2.45, 2.75) is 10.9 Å². The molecule has 0 amide bonds. The van der Waals surface area contributed by atoms with Crippen LogP contribution in [0.1, 0.15) is 11.6 Å². The van der Waals surface area contributed by atoms with Crippen LogP contribution >= 0.6 is 0 Å². The summed E-state index contributed by atoms with van der Waals surface area (Å²) in [6, 6.07) is 14.4. The molecular formula is C19H25N3O4S. The molecule has 146 valence electrons. The number of piperazine rings is 1. The molecule has 3 rings (SSSR count). The molecule has 0 aliphatic carbocycles. The molecule has 1 atom stereocenters. The second-order valence-electron chi connectivity index (χ2n) is 6.36. The van der Waals surface area contributed by atoms with E-state index in [0.717, 1.165) is 37.5 Å². The molecule has 3 N–H and O–H groups in total. The minimum atomic E-state index is -3.68. The Bertz CT molecular complexity index is 856. The molecule has 1 unspecified atom stereocenters. The van der Waals surface area contributed by atoms with Gasteiger partial charge in [-0.3, -0.25) is 4.90 Å². The predicted octanol–water partition coefficient (Wildman–Crippen LogP) is 1.37. The largest absolute Gasteiger partial charge is 0.496 e. The van der Waals surface area contributed by atoms with Crippen LogP contribution in [0.25, 0.3) is 0 Å². The zero-order chi connectivity index (χ0) is 19.3. The minimum Gasteiger partial charge on any atom is -0.496 e. The lowest BCUT2D eigenvalue weighted by Crippen LogP contribution is -2.47. The molecule has 8 heteroatoms. The highest BCUT2D eigenvalue weighted by Crippen LogP contribution is 2.29. The highest BCUT2D eigenvalue weighted by atomic mass is 32.2. The number of methoxy groups -OCH3 is 1. The van der Waals surface area contributed by atoms with Gasteiger partial charge < -0.3 is 14.8 Å². The number of benzene rings is 2. The van der Waals surface area contributed by atoms with Crippen molar-refractivity contribution in [1.29, 1.82) is 0 Å². The lowest BCUT2D eigenvalue weighted by Gasteiger charge is -2.36. The van der Waals surface area contributed by atoms with Gasteiger partial charge in [0.2, 0.25) is 10.0 Å². The normalized spacial score (nSPS) is 18.2. The summed E-state index contributed by atoms with van der Waals surface area (Å²) in [4.78, 5) is 2.45. The zero-order valence-electron chi connectivity index (χ0n) is 15.3. The van der Waals surface area contributed by atoms with Crippen LogP contribution in [-0.2, 0) is 10.0 Å². The fourth-order valence-corrected chi connectivity index (χ4v) is 3.78. The summed E-state index contributed by atoms with van der Waals surface area (Å²) in [7, 11) is -2.00. The number of nitrogens with two attached hydrogens (primary N) is 1. The molecule has 0 saturated carbocycles. The van der Waals surface area contributed by atoms with Crippen LogP contribution in [0.4, 0.5) is 0 Å². The summed E-state index contributed by atoms with van der Waals surface area (Å²) >= 11 is 0. The fraction of sp³-hybridized carbons (Fsp3) is 0.368.